The van der Waals surface area contributed by atoms with Crippen LogP contribution in [0.5, 0.6) is 5.75 Å². The summed E-state index contributed by atoms with van der Waals surface area (Å²) >= 11 is 0. The summed E-state index contributed by atoms with van der Waals surface area (Å²) in [5.74, 6) is -1.62. The number of hydrogen-bond acceptors (Lipinski definition) is 6. The van der Waals surface area contributed by atoms with E-state index in [0.717, 1.165) is 0 Å². The van der Waals surface area contributed by atoms with Crippen molar-refractivity contribution >= 4 is 22.0 Å². The van der Waals surface area contributed by atoms with Gasteiger partial charge in [0.15, 0.2) is 0 Å². The van der Waals surface area contributed by atoms with E-state index in [4.69, 9.17) is 9.84 Å². The molecule has 0 unspecified atom stereocenters. The first-order valence-electron chi connectivity index (χ1n) is 6.29. The lowest BCUT2D eigenvalue weighted by molar-refractivity contribution is -0.137. The second-order valence-corrected chi connectivity index (χ2v) is 5.99. The Labute approximate surface area is 128 Å². The molecule has 0 aliphatic heterocycles. The Morgan fingerprint density at radius 1 is 1.27 bits per heavy atom. The molecule has 0 fully saturated rings. The van der Waals surface area contributed by atoms with Crippen LogP contribution in [0.3, 0.4) is 0 Å². The summed E-state index contributed by atoms with van der Waals surface area (Å²) in [7, 11) is -1.38. The molecule has 1 aromatic rings. The van der Waals surface area contributed by atoms with Gasteiger partial charge in [0, 0.05) is 13.0 Å². The van der Waals surface area contributed by atoms with Gasteiger partial charge in [0.25, 0.3) is 0 Å². The van der Waals surface area contributed by atoms with E-state index in [-0.39, 0.29) is 35.6 Å². The first-order chi connectivity index (χ1) is 10.3. The van der Waals surface area contributed by atoms with Crippen LogP contribution >= 0.6 is 0 Å². The Bertz CT molecular complexity index is 654. The highest BCUT2D eigenvalue weighted by atomic mass is 32.2. The number of ether oxygens (including phenoxy) is 2. The third kappa shape index (κ3) is 4.71. The smallest absolute Gasteiger partial charge is 0.337 e. The highest BCUT2D eigenvalue weighted by molar-refractivity contribution is 7.89. The van der Waals surface area contributed by atoms with Crippen LogP contribution in [0.2, 0.25) is 0 Å². The fourth-order valence-corrected chi connectivity index (χ4v) is 2.88. The van der Waals surface area contributed by atoms with Crippen molar-refractivity contribution in [2.45, 2.75) is 17.7 Å². The van der Waals surface area contributed by atoms with E-state index in [0.29, 0.717) is 0 Å². The van der Waals surface area contributed by atoms with E-state index in [9.17, 15) is 18.0 Å². The monoisotopic (exact) mass is 331 g/mol. The zero-order chi connectivity index (χ0) is 16.8. The van der Waals surface area contributed by atoms with Crippen molar-refractivity contribution in [3.05, 3.63) is 23.8 Å². The summed E-state index contributed by atoms with van der Waals surface area (Å²) in [6.07, 6.45) is 0.0258. The molecule has 0 aromatic heterocycles. The summed E-state index contributed by atoms with van der Waals surface area (Å²) in [4.78, 5) is 21.7. The number of carboxylic acid groups (broad SMARTS) is 1. The van der Waals surface area contributed by atoms with Crippen molar-refractivity contribution in [1.29, 1.82) is 0 Å². The number of esters is 1. The van der Waals surface area contributed by atoms with Crippen molar-refractivity contribution < 1.29 is 32.6 Å². The summed E-state index contributed by atoms with van der Waals surface area (Å²) in [5, 5.41) is 8.51. The van der Waals surface area contributed by atoms with Gasteiger partial charge in [0.2, 0.25) is 10.0 Å². The zero-order valence-electron chi connectivity index (χ0n) is 12.2. The molecule has 0 radical (unpaired) electrons. The maximum atomic E-state index is 12.2. The molecule has 1 aromatic carbocycles. The molecule has 0 aliphatic rings. The number of nitrogens with one attached hydrogen (secondary N) is 1. The molecule has 1 rings (SSSR count). The minimum atomic E-state index is -3.87. The molecule has 0 aliphatic carbocycles. The van der Waals surface area contributed by atoms with Crippen LogP contribution in [0.1, 0.15) is 23.2 Å². The van der Waals surface area contributed by atoms with Gasteiger partial charge >= 0.3 is 11.9 Å². The van der Waals surface area contributed by atoms with E-state index < -0.39 is 22.0 Å². The van der Waals surface area contributed by atoms with Crippen molar-refractivity contribution in [1.82, 2.24) is 4.72 Å². The van der Waals surface area contributed by atoms with E-state index in [2.05, 4.69) is 9.46 Å². The highest BCUT2D eigenvalue weighted by Crippen LogP contribution is 2.25. The van der Waals surface area contributed by atoms with Crippen molar-refractivity contribution in [3.8, 4) is 5.75 Å². The summed E-state index contributed by atoms with van der Waals surface area (Å²) in [6.45, 7) is -0.0173. The summed E-state index contributed by atoms with van der Waals surface area (Å²) in [6, 6.07) is 3.79. The van der Waals surface area contributed by atoms with Crippen molar-refractivity contribution in [2.24, 2.45) is 0 Å². The van der Waals surface area contributed by atoms with Gasteiger partial charge in [0.05, 0.1) is 19.8 Å². The summed E-state index contributed by atoms with van der Waals surface area (Å²) in [5.41, 5.74) is 0.157. The molecule has 0 atom stereocenters. The number of aliphatic carboxylic acids is 1. The third-order valence-electron chi connectivity index (χ3n) is 2.73. The topological polar surface area (TPSA) is 119 Å². The Balaban J connectivity index is 2.94. The van der Waals surface area contributed by atoms with Crippen molar-refractivity contribution in [2.75, 3.05) is 20.8 Å². The molecule has 0 spiro atoms. The lowest BCUT2D eigenvalue weighted by Crippen LogP contribution is -2.25. The fourth-order valence-electron chi connectivity index (χ4n) is 1.66. The predicted octanol–water partition coefficient (Wildman–Crippen LogP) is 0.625. The number of sulfonamides is 1. The van der Waals surface area contributed by atoms with Gasteiger partial charge in [-0.25, -0.2) is 17.9 Å². The number of methoxy groups -OCH3 is 2. The second-order valence-electron chi connectivity index (χ2n) is 4.25. The molecule has 22 heavy (non-hydrogen) atoms. The van der Waals surface area contributed by atoms with Crippen LogP contribution in [0.4, 0.5) is 0 Å². The van der Waals surface area contributed by atoms with E-state index in [1.165, 1.54) is 32.4 Å². The van der Waals surface area contributed by atoms with Crippen molar-refractivity contribution in [3.63, 3.8) is 0 Å². The Morgan fingerprint density at radius 3 is 2.50 bits per heavy atom. The third-order valence-corrected chi connectivity index (χ3v) is 4.23. The minimum Gasteiger partial charge on any atom is -0.495 e. The molecule has 0 heterocycles. The fraction of sp³-hybridized carbons (Fsp3) is 0.385. The van der Waals surface area contributed by atoms with Gasteiger partial charge < -0.3 is 14.6 Å². The quantitative estimate of drug-likeness (QED) is 0.529. The average molecular weight is 331 g/mol. The Hall–Kier alpha value is -2.13. The van der Waals surface area contributed by atoms with Gasteiger partial charge in [-0.1, -0.05) is 0 Å². The van der Waals surface area contributed by atoms with E-state index in [1.54, 1.807) is 0 Å². The predicted molar refractivity (Wildman–Crippen MR) is 76.4 cm³/mol. The molecule has 122 valence electrons. The Kier molecular flexibility index (Phi) is 6.32. The first-order valence-corrected chi connectivity index (χ1v) is 7.78. The van der Waals surface area contributed by atoms with Crippen LogP contribution in [-0.4, -0.2) is 46.2 Å². The number of carbonyl (C=O) groups excluding carboxylic acids is 1. The Morgan fingerprint density at radius 2 is 1.95 bits per heavy atom. The zero-order valence-corrected chi connectivity index (χ0v) is 13.0. The number of hydrogen-bond donors (Lipinski definition) is 2. The lowest BCUT2D eigenvalue weighted by Gasteiger charge is -2.11. The SMILES string of the molecule is COC(=O)c1ccc(S(=O)(=O)NCCCC(=O)O)c(OC)c1. The van der Waals surface area contributed by atoms with Gasteiger partial charge in [-0.2, -0.15) is 0 Å². The average Bonchev–Trinajstić information content (AvgIpc) is 2.49. The summed E-state index contributed by atoms with van der Waals surface area (Å²) < 4.78 is 36.1. The molecule has 0 amide bonds. The highest BCUT2D eigenvalue weighted by Gasteiger charge is 2.21. The maximum Gasteiger partial charge on any atom is 0.337 e. The molecule has 0 bridgehead atoms. The molecule has 2 N–H and O–H groups in total. The molecular formula is C13H17NO7S. The number of benzene rings is 1. The van der Waals surface area contributed by atoms with Gasteiger partial charge in [-0.15, -0.1) is 0 Å². The van der Waals surface area contributed by atoms with Crippen LogP contribution in [0.15, 0.2) is 23.1 Å². The number of rotatable bonds is 8. The van der Waals surface area contributed by atoms with Gasteiger partial charge in [-0.3, -0.25) is 4.79 Å². The van der Waals surface area contributed by atoms with Gasteiger partial charge in [0.1, 0.15) is 10.6 Å². The molecule has 9 heteroatoms. The lowest BCUT2D eigenvalue weighted by atomic mass is 10.2. The number of carboxylic acids is 1. The van der Waals surface area contributed by atoms with Crippen LogP contribution in [0.25, 0.3) is 0 Å². The van der Waals surface area contributed by atoms with Crippen LogP contribution in [0, 0.1) is 0 Å². The first kappa shape index (κ1) is 17.9. The van der Waals surface area contributed by atoms with Crippen LogP contribution < -0.4 is 9.46 Å². The maximum absolute atomic E-state index is 12.2. The normalized spacial score (nSPS) is 11.0. The molecule has 0 saturated carbocycles. The van der Waals surface area contributed by atoms with Gasteiger partial charge in [-0.05, 0) is 24.6 Å². The standard InChI is InChI=1S/C13H17NO7S/c1-20-10-8-9(13(17)21-2)5-6-11(10)22(18,19)14-7-3-4-12(15)16/h5-6,8,14H,3-4,7H2,1-2H3,(H,15,16). The molecule has 0 saturated heterocycles. The minimum absolute atomic E-state index is 0.00589. The van der Waals surface area contributed by atoms with E-state index in [1.807, 2.05) is 0 Å². The number of carbonyl (C=O) groups is 2. The van der Waals surface area contributed by atoms with E-state index >= 15 is 0 Å². The second kappa shape index (κ2) is 7.76. The molecular weight excluding hydrogens is 314 g/mol. The largest absolute Gasteiger partial charge is 0.495 e. The molecule has 8 nitrogen and oxygen atoms in total. The van der Waals surface area contributed by atoms with Crippen LogP contribution in [-0.2, 0) is 19.6 Å².